The van der Waals surface area contributed by atoms with Crippen LogP contribution in [0.3, 0.4) is 0 Å². The SMILES string of the molecule is CCCOC(=O)c1nc(-c2ccc(Cl)c(OC)c2F)nc(NCc2ccc(C)cc2OC)c1Cl. The third-order valence-corrected chi connectivity index (χ3v) is 5.52. The number of aryl methyl sites for hydroxylation is 1. The summed E-state index contributed by atoms with van der Waals surface area (Å²) < 4.78 is 30.8. The monoisotopic (exact) mass is 507 g/mol. The summed E-state index contributed by atoms with van der Waals surface area (Å²) >= 11 is 12.5. The number of rotatable bonds is 9. The molecule has 10 heteroatoms. The molecular formula is C24H24Cl2FN3O4. The Bertz CT molecular complexity index is 1210. The van der Waals surface area contributed by atoms with Crippen LogP contribution in [0.1, 0.15) is 35.0 Å². The van der Waals surface area contributed by atoms with Crippen molar-refractivity contribution in [3.8, 4) is 22.9 Å². The number of halogens is 3. The van der Waals surface area contributed by atoms with E-state index in [0.29, 0.717) is 12.2 Å². The second-order valence-electron chi connectivity index (χ2n) is 7.31. The summed E-state index contributed by atoms with van der Waals surface area (Å²) in [5, 5.41) is 3.14. The highest BCUT2D eigenvalue weighted by Gasteiger charge is 2.24. The first-order valence-corrected chi connectivity index (χ1v) is 11.2. The standard InChI is InChI=1S/C24H24Cl2FN3O4/c1-5-10-34-24(31)20-18(26)23(28-12-14-7-6-13(2)11-17(14)32-3)30-22(29-20)15-8-9-16(25)21(33-4)19(15)27/h6-9,11H,5,10,12H2,1-4H3,(H,28,29,30). The number of hydrogen-bond acceptors (Lipinski definition) is 7. The Balaban J connectivity index is 2.08. The van der Waals surface area contributed by atoms with Crippen LogP contribution in [0.5, 0.6) is 11.5 Å². The van der Waals surface area contributed by atoms with Gasteiger partial charge in [0.05, 0.1) is 31.4 Å². The molecule has 0 aliphatic heterocycles. The van der Waals surface area contributed by atoms with E-state index in [0.717, 1.165) is 11.1 Å². The van der Waals surface area contributed by atoms with E-state index in [1.165, 1.54) is 19.2 Å². The molecule has 0 unspecified atom stereocenters. The summed E-state index contributed by atoms with van der Waals surface area (Å²) in [4.78, 5) is 21.2. The van der Waals surface area contributed by atoms with Crippen LogP contribution in [0.25, 0.3) is 11.4 Å². The first-order valence-electron chi connectivity index (χ1n) is 10.4. The van der Waals surface area contributed by atoms with E-state index in [-0.39, 0.29) is 51.8 Å². The van der Waals surface area contributed by atoms with E-state index in [1.807, 2.05) is 32.0 Å². The highest BCUT2D eigenvalue weighted by Crippen LogP contribution is 2.35. The zero-order chi connectivity index (χ0) is 24.8. The molecule has 0 fully saturated rings. The Morgan fingerprint density at radius 1 is 1.12 bits per heavy atom. The van der Waals surface area contributed by atoms with Crippen LogP contribution in [0.2, 0.25) is 10.0 Å². The van der Waals surface area contributed by atoms with Crippen molar-refractivity contribution in [3.63, 3.8) is 0 Å². The van der Waals surface area contributed by atoms with E-state index in [9.17, 15) is 4.79 Å². The van der Waals surface area contributed by atoms with Gasteiger partial charge in [0, 0.05) is 12.1 Å². The van der Waals surface area contributed by atoms with Crippen LogP contribution in [-0.4, -0.2) is 36.8 Å². The zero-order valence-electron chi connectivity index (χ0n) is 19.2. The summed E-state index contributed by atoms with van der Waals surface area (Å²) in [6.45, 7) is 4.27. The highest BCUT2D eigenvalue weighted by atomic mass is 35.5. The molecule has 0 aliphatic rings. The van der Waals surface area contributed by atoms with E-state index >= 15 is 4.39 Å². The number of benzene rings is 2. The summed E-state index contributed by atoms with van der Waals surface area (Å²) in [6, 6.07) is 8.59. The van der Waals surface area contributed by atoms with Gasteiger partial charge in [-0.1, -0.05) is 42.3 Å². The molecule has 0 saturated carbocycles. The average Bonchev–Trinajstić information content (AvgIpc) is 2.82. The van der Waals surface area contributed by atoms with Gasteiger partial charge in [-0.05, 0) is 37.1 Å². The lowest BCUT2D eigenvalue weighted by Crippen LogP contribution is -2.14. The molecule has 0 bridgehead atoms. The van der Waals surface area contributed by atoms with Crippen molar-refractivity contribution in [1.82, 2.24) is 9.97 Å². The minimum Gasteiger partial charge on any atom is -0.496 e. The van der Waals surface area contributed by atoms with Crippen molar-refractivity contribution in [2.45, 2.75) is 26.8 Å². The van der Waals surface area contributed by atoms with Gasteiger partial charge in [-0.25, -0.2) is 19.2 Å². The predicted molar refractivity (Wildman–Crippen MR) is 130 cm³/mol. The second kappa shape index (κ2) is 11.4. The summed E-state index contributed by atoms with van der Waals surface area (Å²) in [7, 11) is 2.87. The maximum absolute atomic E-state index is 15.1. The Kier molecular flexibility index (Phi) is 8.52. The van der Waals surface area contributed by atoms with Gasteiger partial charge in [0.25, 0.3) is 0 Å². The fraction of sp³-hybridized carbons (Fsp3) is 0.292. The quantitative estimate of drug-likeness (QED) is 0.350. The maximum atomic E-state index is 15.1. The van der Waals surface area contributed by atoms with Crippen LogP contribution < -0.4 is 14.8 Å². The lowest BCUT2D eigenvalue weighted by Gasteiger charge is -2.15. The van der Waals surface area contributed by atoms with Crippen LogP contribution in [-0.2, 0) is 11.3 Å². The van der Waals surface area contributed by atoms with Gasteiger partial charge >= 0.3 is 5.97 Å². The van der Waals surface area contributed by atoms with Crippen molar-refractivity contribution in [2.24, 2.45) is 0 Å². The van der Waals surface area contributed by atoms with Gasteiger partial charge in [0.15, 0.2) is 23.1 Å². The molecule has 2 aromatic carbocycles. The van der Waals surface area contributed by atoms with Crippen molar-refractivity contribution < 1.29 is 23.4 Å². The molecule has 180 valence electrons. The van der Waals surface area contributed by atoms with Crippen molar-refractivity contribution in [2.75, 3.05) is 26.1 Å². The molecule has 1 heterocycles. The van der Waals surface area contributed by atoms with E-state index < -0.39 is 11.8 Å². The fourth-order valence-electron chi connectivity index (χ4n) is 3.15. The van der Waals surface area contributed by atoms with Crippen LogP contribution >= 0.6 is 23.2 Å². The third kappa shape index (κ3) is 5.51. The second-order valence-corrected chi connectivity index (χ2v) is 8.09. The average molecular weight is 508 g/mol. The Morgan fingerprint density at radius 3 is 2.56 bits per heavy atom. The van der Waals surface area contributed by atoms with Crippen LogP contribution in [0, 0.1) is 12.7 Å². The lowest BCUT2D eigenvalue weighted by atomic mass is 10.1. The summed E-state index contributed by atoms with van der Waals surface area (Å²) in [6.07, 6.45) is 0.614. The number of aromatic nitrogens is 2. The summed E-state index contributed by atoms with van der Waals surface area (Å²) in [5.41, 5.74) is 1.67. The number of carbonyl (C=O) groups excluding carboxylic acids is 1. The molecule has 0 radical (unpaired) electrons. The first kappa shape index (κ1) is 25.5. The smallest absolute Gasteiger partial charge is 0.358 e. The van der Waals surface area contributed by atoms with Gasteiger partial charge < -0.3 is 19.5 Å². The number of nitrogens with one attached hydrogen (secondary N) is 1. The van der Waals surface area contributed by atoms with Gasteiger partial charge in [-0.3, -0.25) is 0 Å². The number of nitrogens with zero attached hydrogens (tertiary/aromatic N) is 2. The molecular weight excluding hydrogens is 484 g/mol. The number of methoxy groups -OCH3 is 2. The fourth-order valence-corrected chi connectivity index (χ4v) is 3.60. The number of ether oxygens (including phenoxy) is 3. The Hall–Kier alpha value is -3.10. The minimum absolute atomic E-state index is 0.0153. The molecule has 3 aromatic rings. The van der Waals surface area contributed by atoms with E-state index in [2.05, 4.69) is 15.3 Å². The topological polar surface area (TPSA) is 82.6 Å². The molecule has 0 amide bonds. The molecule has 0 atom stereocenters. The highest BCUT2D eigenvalue weighted by molar-refractivity contribution is 6.35. The summed E-state index contributed by atoms with van der Waals surface area (Å²) in [5.74, 6) is -0.949. The number of anilines is 1. The van der Waals surface area contributed by atoms with Crippen LogP contribution in [0.4, 0.5) is 10.2 Å². The van der Waals surface area contributed by atoms with Crippen molar-refractivity contribution in [3.05, 3.63) is 63.0 Å². The van der Waals surface area contributed by atoms with Gasteiger partial charge in [0.1, 0.15) is 16.6 Å². The minimum atomic E-state index is -0.767. The molecule has 7 nitrogen and oxygen atoms in total. The number of carbonyl (C=O) groups is 1. The van der Waals surface area contributed by atoms with Gasteiger partial charge in [-0.2, -0.15) is 0 Å². The van der Waals surface area contributed by atoms with Crippen molar-refractivity contribution in [1.29, 1.82) is 0 Å². The maximum Gasteiger partial charge on any atom is 0.358 e. The Morgan fingerprint density at radius 2 is 1.88 bits per heavy atom. The van der Waals surface area contributed by atoms with Crippen molar-refractivity contribution >= 4 is 35.0 Å². The Labute approximate surface area is 207 Å². The molecule has 1 N–H and O–H groups in total. The molecule has 1 aromatic heterocycles. The normalized spacial score (nSPS) is 10.7. The molecule has 0 saturated heterocycles. The molecule has 3 rings (SSSR count). The number of esters is 1. The lowest BCUT2D eigenvalue weighted by molar-refractivity contribution is 0.0498. The van der Waals surface area contributed by atoms with E-state index in [4.69, 9.17) is 37.4 Å². The number of hydrogen-bond donors (Lipinski definition) is 1. The van der Waals surface area contributed by atoms with Crippen LogP contribution in [0.15, 0.2) is 30.3 Å². The largest absolute Gasteiger partial charge is 0.496 e. The van der Waals surface area contributed by atoms with Gasteiger partial charge in [0.2, 0.25) is 0 Å². The van der Waals surface area contributed by atoms with Gasteiger partial charge in [-0.15, -0.1) is 0 Å². The van der Waals surface area contributed by atoms with E-state index in [1.54, 1.807) is 7.11 Å². The molecule has 0 aliphatic carbocycles. The molecule has 34 heavy (non-hydrogen) atoms. The first-order chi connectivity index (χ1) is 16.3. The predicted octanol–water partition coefficient (Wildman–Crippen LogP) is 6.09. The molecule has 0 spiro atoms. The third-order valence-electron chi connectivity index (χ3n) is 4.86. The zero-order valence-corrected chi connectivity index (χ0v) is 20.7.